The molecule has 3 aromatic carbocycles. The van der Waals surface area contributed by atoms with Crippen molar-refractivity contribution in [3.05, 3.63) is 76.3 Å². The third kappa shape index (κ3) is 3.48. The van der Waals surface area contributed by atoms with Gasteiger partial charge in [-0.25, -0.2) is 0 Å². The van der Waals surface area contributed by atoms with E-state index in [1.54, 1.807) is 18.0 Å². The lowest BCUT2D eigenvalue weighted by atomic mass is 10.1. The second-order valence-electron chi connectivity index (χ2n) is 6.28. The summed E-state index contributed by atoms with van der Waals surface area (Å²) in [5.41, 5.74) is 4.47. The molecule has 0 radical (unpaired) electrons. The number of anilines is 1. The zero-order valence-electron chi connectivity index (χ0n) is 15.3. The molecular formula is C21H17BrN4O2. The summed E-state index contributed by atoms with van der Waals surface area (Å²) in [4.78, 5) is 14.2. The highest BCUT2D eigenvalue weighted by Crippen LogP contribution is 2.24. The van der Waals surface area contributed by atoms with E-state index >= 15 is 0 Å². The molecule has 0 saturated carbocycles. The lowest BCUT2D eigenvalue weighted by Crippen LogP contribution is -2.13. The summed E-state index contributed by atoms with van der Waals surface area (Å²) in [6, 6.07) is 18.6. The Morgan fingerprint density at radius 1 is 1.04 bits per heavy atom. The largest absolute Gasteiger partial charge is 0.497 e. The first-order chi connectivity index (χ1) is 13.5. The number of benzene rings is 3. The molecular weight excluding hydrogens is 420 g/mol. The number of fused-ring (bicyclic) bond motifs is 1. The van der Waals surface area contributed by atoms with Crippen LogP contribution in [0.25, 0.3) is 16.7 Å². The van der Waals surface area contributed by atoms with Crippen LogP contribution in [-0.4, -0.2) is 28.0 Å². The molecule has 0 spiro atoms. The van der Waals surface area contributed by atoms with E-state index in [0.717, 1.165) is 27.0 Å². The summed E-state index contributed by atoms with van der Waals surface area (Å²) in [5.74, 6) is 0.589. The van der Waals surface area contributed by atoms with Crippen molar-refractivity contribution in [2.24, 2.45) is 0 Å². The Morgan fingerprint density at radius 3 is 2.39 bits per heavy atom. The monoisotopic (exact) mass is 436 g/mol. The first kappa shape index (κ1) is 18.2. The predicted octanol–water partition coefficient (Wildman–Crippen LogP) is 4.75. The molecule has 0 fully saturated rings. The molecule has 140 valence electrons. The van der Waals surface area contributed by atoms with Crippen molar-refractivity contribution < 1.29 is 9.53 Å². The van der Waals surface area contributed by atoms with Gasteiger partial charge < -0.3 is 10.1 Å². The second kappa shape index (κ2) is 7.44. The van der Waals surface area contributed by atoms with Crippen molar-refractivity contribution >= 4 is 38.6 Å². The van der Waals surface area contributed by atoms with Crippen LogP contribution in [0.3, 0.4) is 0 Å². The van der Waals surface area contributed by atoms with Gasteiger partial charge in [-0.3, -0.25) is 4.79 Å². The fourth-order valence-electron chi connectivity index (χ4n) is 2.87. The van der Waals surface area contributed by atoms with Gasteiger partial charge in [-0.15, -0.1) is 10.2 Å². The Balaban J connectivity index is 1.66. The first-order valence-corrected chi connectivity index (χ1v) is 9.42. The van der Waals surface area contributed by atoms with Crippen molar-refractivity contribution in [1.29, 1.82) is 0 Å². The minimum Gasteiger partial charge on any atom is -0.497 e. The van der Waals surface area contributed by atoms with Gasteiger partial charge in [0.05, 0.1) is 18.4 Å². The molecule has 0 saturated heterocycles. The molecule has 1 amide bonds. The van der Waals surface area contributed by atoms with Crippen molar-refractivity contribution in [2.75, 3.05) is 12.4 Å². The van der Waals surface area contributed by atoms with Gasteiger partial charge in [0.25, 0.3) is 5.91 Å². The molecule has 0 aliphatic carbocycles. The highest BCUT2D eigenvalue weighted by Gasteiger charge is 2.13. The number of nitrogens with zero attached hydrogens (tertiary/aromatic N) is 3. The average molecular weight is 437 g/mol. The fourth-order valence-corrected chi connectivity index (χ4v) is 3.33. The summed E-state index contributed by atoms with van der Waals surface area (Å²) in [6.45, 7) is 1.93. The van der Waals surface area contributed by atoms with Crippen LogP contribution >= 0.6 is 15.9 Å². The SMILES string of the molecule is COc1ccc(-n2nc3cc(C)c(NC(=O)c4ccccc4Br)cc3n2)cc1. The standard InChI is InChI=1S/C21H17BrN4O2/c1-13-11-19-20(25-26(24-19)14-7-9-15(28-2)10-8-14)12-18(13)23-21(27)16-5-3-4-6-17(16)22/h3-12H,1-2H3,(H,23,27). The summed E-state index contributed by atoms with van der Waals surface area (Å²) in [6.07, 6.45) is 0. The van der Waals surface area contributed by atoms with E-state index in [9.17, 15) is 4.79 Å². The molecule has 6 nitrogen and oxygen atoms in total. The third-order valence-electron chi connectivity index (χ3n) is 4.40. The molecule has 0 unspecified atom stereocenters. The van der Waals surface area contributed by atoms with Crippen molar-refractivity contribution in [1.82, 2.24) is 15.0 Å². The smallest absolute Gasteiger partial charge is 0.256 e. The predicted molar refractivity (Wildman–Crippen MR) is 112 cm³/mol. The van der Waals surface area contributed by atoms with E-state index in [1.165, 1.54) is 0 Å². The van der Waals surface area contributed by atoms with Gasteiger partial charge in [0.2, 0.25) is 0 Å². The summed E-state index contributed by atoms with van der Waals surface area (Å²) < 4.78 is 5.93. The highest BCUT2D eigenvalue weighted by molar-refractivity contribution is 9.10. The van der Waals surface area contributed by atoms with Crippen LogP contribution in [0.5, 0.6) is 5.75 Å². The van der Waals surface area contributed by atoms with Gasteiger partial charge in [0.15, 0.2) is 0 Å². The number of methoxy groups -OCH3 is 1. The molecule has 28 heavy (non-hydrogen) atoms. The molecule has 7 heteroatoms. The van der Waals surface area contributed by atoms with Crippen LogP contribution in [0.1, 0.15) is 15.9 Å². The number of hydrogen-bond donors (Lipinski definition) is 1. The summed E-state index contributed by atoms with van der Waals surface area (Å²) >= 11 is 3.41. The van der Waals surface area contributed by atoms with Crippen molar-refractivity contribution in [3.8, 4) is 11.4 Å². The van der Waals surface area contributed by atoms with Crippen molar-refractivity contribution in [3.63, 3.8) is 0 Å². The number of carbonyl (C=O) groups is 1. The maximum absolute atomic E-state index is 12.6. The van der Waals surface area contributed by atoms with Crippen LogP contribution in [0.15, 0.2) is 65.1 Å². The Hall–Kier alpha value is -3.19. The topological polar surface area (TPSA) is 69.0 Å². The lowest BCUT2D eigenvalue weighted by Gasteiger charge is -2.09. The van der Waals surface area contributed by atoms with Gasteiger partial charge in [0, 0.05) is 10.2 Å². The zero-order chi connectivity index (χ0) is 19.7. The number of amides is 1. The van der Waals surface area contributed by atoms with Gasteiger partial charge >= 0.3 is 0 Å². The number of rotatable bonds is 4. The Morgan fingerprint density at radius 2 is 1.71 bits per heavy atom. The molecule has 0 aliphatic rings. The van der Waals surface area contributed by atoms with E-state index in [1.807, 2.05) is 61.5 Å². The van der Waals surface area contributed by atoms with Crippen LogP contribution in [0.4, 0.5) is 5.69 Å². The number of aryl methyl sites for hydroxylation is 1. The van der Waals surface area contributed by atoms with E-state index in [-0.39, 0.29) is 5.91 Å². The number of carbonyl (C=O) groups excluding carboxylic acids is 1. The lowest BCUT2D eigenvalue weighted by molar-refractivity contribution is 0.102. The van der Waals surface area contributed by atoms with E-state index < -0.39 is 0 Å². The quantitative estimate of drug-likeness (QED) is 0.500. The van der Waals surface area contributed by atoms with Crippen molar-refractivity contribution in [2.45, 2.75) is 6.92 Å². The minimum absolute atomic E-state index is 0.183. The van der Waals surface area contributed by atoms with Crippen LogP contribution in [0.2, 0.25) is 0 Å². The van der Waals surface area contributed by atoms with Gasteiger partial charge in [0.1, 0.15) is 16.8 Å². The van der Waals surface area contributed by atoms with E-state index in [4.69, 9.17) is 4.74 Å². The molecule has 1 N–H and O–H groups in total. The maximum atomic E-state index is 12.6. The van der Waals surface area contributed by atoms with Crippen LogP contribution < -0.4 is 10.1 Å². The molecule has 0 aliphatic heterocycles. The van der Waals surface area contributed by atoms with Crippen LogP contribution in [-0.2, 0) is 0 Å². The normalized spacial score (nSPS) is 10.8. The summed E-state index contributed by atoms with van der Waals surface area (Å²) in [7, 11) is 1.63. The Labute approximate surface area is 170 Å². The molecule has 1 aromatic heterocycles. The number of halogens is 1. The maximum Gasteiger partial charge on any atom is 0.256 e. The zero-order valence-corrected chi connectivity index (χ0v) is 16.9. The number of aromatic nitrogens is 3. The third-order valence-corrected chi connectivity index (χ3v) is 5.09. The number of hydrogen-bond acceptors (Lipinski definition) is 4. The number of nitrogens with one attached hydrogen (secondary N) is 1. The molecule has 0 bridgehead atoms. The molecule has 1 heterocycles. The average Bonchev–Trinajstić information content (AvgIpc) is 3.11. The fraction of sp³-hybridized carbons (Fsp3) is 0.0952. The Kier molecular flexibility index (Phi) is 4.83. The van der Waals surface area contributed by atoms with Crippen LogP contribution in [0, 0.1) is 6.92 Å². The van der Waals surface area contributed by atoms with E-state index in [2.05, 4.69) is 31.4 Å². The van der Waals surface area contributed by atoms with Gasteiger partial charge in [-0.2, -0.15) is 4.80 Å². The molecule has 0 atom stereocenters. The highest BCUT2D eigenvalue weighted by atomic mass is 79.9. The van der Waals surface area contributed by atoms with E-state index in [0.29, 0.717) is 16.8 Å². The first-order valence-electron chi connectivity index (χ1n) is 8.63. The van der Waals surface area contributed by atoms with Gasteiger partial charge in [-0.1, -0.05) is 12.1 Å². The van der Waals surface area contributed by atoms with Gasteiger partial charge in [-0.05, 0) is 76.9 Å². The molecule has 4 aromatic rings. The Bertz CT molecular complexity index is 1170. The summed E-state index contributed by atoms with van der Waals surface area (Å²) in [5, 5.41) is 12.0. The second-order valence-corrected chi connectivity index (χ2v) is 7.13. The minimum atomic E-state index is -0.183. The number of ether oxygens (including phenoxy) is 1. The molecule has 4 rings (SSSR count).